The van der Waals surface area contributed by atoms with E-state index in [2.05, 4.69) is 31.2 Å². The first-order valence-corrected chi connectivity index (χ1v) is 9.32. The van der Waals surface area contributed by atoms with Gasteiger partial charge in [0.25, 0.3) is 0 Å². The van der Waals surface area contributed by atoms with Crippen molar-refractivity contribution < 1.29 is 9.53 Å². The minimum atomic E-state index is 0.166. The Morgan fingerprint density at radius 2 is 1.79 bits per heavy atom. The van der Waals surface area contributed by atoms with Gasteiger partial charge in [0.15, 0.2) is 0 Å². The molecule has 3 nitrogen and oxygen atoms in total. The molecule has 1 amide bonds. The van der Waals surface area contributed by atoms with Crippen LogP contribution in [0.4, 0.5) is 0 Å². The second kappa shape index (κ2) is 7.75. The third kappa shape index (κ3) is 3.59. The van der Waals surface area contributed by atoms with E-state index in [-0.39, 0.29) is 11.8 Å². The number of carbonyl (C=O) groups is 1. The van der Waals surface area contributed by atoms with Gasteiger partial charge in [-0.25, -0.2) is 0 Å². The number of methoxy groups -OCH3 is 1. The normalized spacial score (nSPS) is 19.9. The van der Waals surface area contributed by atoms with Crippen molar-refractivity contribution in [3.05, 3.63) is 60.2 Å². The van der Waals surface area contributed by atoms with Crippen LogP contribution in [0.2, 0.25) is 0 Å². The summed E-state index contributed by atoms with van der Waals surface area (Å²) in [7, 11) is 1.66. The van der Waals surface area contributed by atoms with Gasteiger partial charge < -0.3 is 9.64 Å². The number of hydrogen-bond donors (Lipinski definition) is 0. The Bertz CT molecular complexity index is 672. The molecule has 2 atom stereocenters. The standard InChI is InChI=1S/C20H23NO2S/c1-3-18-19(14-24-17-7-5-4-6-8-17)21(20(18)22)13-15-9-11-16(23-2)12-10-15/h4-12,18-19H,3,13-14H2,1-2H3/t18-,19-/m1/s1. The van der Waals surface area contributed by atoms with E-state index in [4.69, 9.17) is 4.74 Å². The molecular formula is C20H23NO2S. The van der Waals surface area contributed by atoms with Crippen LogP contribution in [0, 0.1) is 5.92 Å². The first kappa shape index (κ1) is 16.9. The maximum Gasteiger partial charge on any atom is 0.228 e. The second-order valence-electron chi connectivity index (χ2n) is 6.02. The Hall–Kier alpha value is -1.94. The van der Waals surface area contributed by atoms with Crippen LogP contribution in [0.5, 0.6) is 5.75 Å². The Morgan fingerprint density at radius 3 is 2.42 bits per heavy atom. The van der Waals surface area contributed by atoms with Crippen molar-refractivity contribution in [3.63, 3.8) is 0 Å². The van der Waals surface area contributed by atoms with Crippen molar-refractivity contribution in [2.45, 2.75) is 30.8 Å². The van der Waals surface area contributed by atoms with E-state index in [9.17, 15) is 4.79 Å². The minimum Gasteiger partial charge on any atom is -0.497 e. The molecule has 0 unspecified atom stereocenters. The van der Waals surface area contributed by atoms with Gasteiger partial charge >= 0.3 is 0 Å². The highest BCUT2D eigenvalue weighted by Crippen LogP contribution is 2.35. The number of ether oxygens (including phenoxy) is 1. The van der Waals surface area contributed by atoms with Crippen LogP contribution >= 0.6 is 11.8 Å². The molecule has 4 heteroatoms. The summed E-state index contributed by atoms with van der Waals surface area (Å²) >= 11 is 1.83. The average Bonchev–Trinajstić information content (AvgIpc) is 2.64. The van der Waals surface area contributed by atoms with Crippen LogP contribution in [0.15, 0.2) is 59.5 Å². The van der Waals surface area contributed by atoms with E-state index >= 15 is 0 Å². The number of hydrogen-bond acceptors (Lipinski definition) is 3. The molecule has 1 heterocycles. The summed E-state index contributed by atoms with van der Waals surface area (Å²) in [6.45, 7) is 2.78. The highest BCUT2D eigenvalue weighted by molar-refractivity contribution is 7.99. The Balaban J connectivity index is 1.64. The molecule has 0 spiro atoms. The van der Waals surface area contributed by atoms with E-state index in [1.54, 1.807) is 7.11 Å². The van der Waals surface area contributed by atoms with Crippen molar-refractivity contribution in [2.75, 3.05) is 12.9 Å². The fourth-order valence-electron chi connectivity index (χ4n) is 3.15. The highest BCUT2D eigenvalue weighted by atomic mass is 32.2. The zero-order valence-electron chi connectivity index (χ0n) is 14.1. The van der Waals surface area contributed by atoms with Crippen molar-refractivity contribution in [3.8, 4) is 5.75 Å². The van der Waals surface area contributed by atoms with Crippen LogP contribution in [-0.2, 0) is 11.3 Å². The molecule has 1 aliphatic heterocycles. The summed E-state index contributed by atoms with van der Waals surface area (Å²) in [5.41, 5.74) is 1.15. The summed E-state index contributed by atoms with van der Waals surface area (Å²) < 4.78 is 5.19. The molecule has 0 N–H and O–H groups in total. The molecule has 2 aromatic rings. The van der Waals surface area contributed by atoms with Gasteiger partial charge in [0.1, 0.15) is 5.75 Å². The number of likely N-dealkylation sites (tertiary alicyclic amines) is 1. The van der Waals surface area contributed by atoms with E-state index < -0.39 is 0 Å². The van der Waals surface area contributed by atoms with Gasteiger partial charge in [-0.05, 0) is 36.2 Å². The van der Waals surface area contributed by atoms with Crippen LogP contribution < -0.4 is 4.74 Å². The van der Waals surface area contributed by atoms with E-state index in [0.717, 1.165) is 23.5 Å². The van der Waals surface area contributed by atoms with Gasteiger partial charge in [-0.1, -0.05) is 37.3 Å². The van der Waals surface area contributed by atoms with E-state index in [0.29, 0.717) is 12.6 Å². The zero-order valence-corrected chi connectivity index (χ0v) is 15.0. The van der Waals surface area contributed by atoms with Crippen molar-refractivity contribution in [1.29, 1.82) is 0 Å². The lowest BCUT2D eigenvalue weighted by atomic mass is 9.86. The summed E-state index contributed by atoms with van der Waals surface area (Å²) in [6.07, 6.45) is 0.915. The molecule has 3 rings (SSSR count). The van der Waals surface area contributed by atoms with Gasteiger partial charge in [0, 0.05) is 17.2 Å². The van der Waals surface area contributed by atoms with Gasteiger partial charge in [0.2, 0.25) is 5.91 Å². The maximum atomic E-state index is 12.4. The fraction of sp³-hybridized carbons (Fsp3) is 0.350. The second-order valence-corrected chi connectivity index (χ2v) is 7.11. The summed E-state index contributed by atoms with van der Waals surface area (Å²) in [5, 5.41) is 0. The minimum absolute atomic E-state index is 0.166. The van der Waals surface area contributed by atoms with Crippen LogP contribution in [-0.4, -0.2) is 29.7 Å². The maximum absolute atomic E-state index is 12.4. The largest absolute Gasteiger partial charge is 0.497 e. The van der Waals surface area contributed by atoms with Gasteiger partial charge in [-0.15, -0.1) is 11.8 Å². The topological polar surface area (TPSA) is 29.5 Å². The SMILES string of the molecule is CC[C@H]1C(=O)N(Cc2ccc(OC)cc2)[C@@H]1CSc1ccccc1. The number of thioether (sulfide) groups is 1. The summed E-state index contributed by atoms with van der Waals surface area (Å²) in [4.78, 5) is 15.7. The van der Waals surface area contributed by atoms with Crippen molar-refractivity contribution >= 4 is 17.7 Å². The van der Waals surface area contributed by atoms with Crippen molar-refractivity contribution in [1.82, 2.24) is 4.90 Å². The number of amides is 1. The number of β-lactam (4-membered cyclic amide) rings is 1. The molecule has 126 valence electrons. The lowest BCUT2D eigenvalue weighted by Crippen LogP contribution is -2.61. The molecular weight excluding hydrogens is 318 g/mol. The molecule has 0 radical (unpaired) electrons. The Labute approximate surface area is 148 Å². The molecule has 1 aliphatic rings. The first-order valence-electron chi connectivity index (χ1n) is 8.34. The van der Waals surface area contributed by atoms with Crippen LogP contribution in [0.3, 0.4) is 0 Å². The first-order chi connectivity index (χ1) is 11.7. The third-order valence-electron chi connectivity index (χ3n) is 4.58. The zero-order chi connectivity index (χ0) is 16.9. The van der Waals surface area contributed by atoms with Gasteiger partial charge in [-0.2, -0.15) is 0 Å². The quantitative estimate of drug-likeness (QED) is 0.558. The highest BCUT2D eigenvalue weighted by Gasteiger charge is 2.45. The number of benzene rings is 2. The molecule has 2 aromatic carbocycles. The number of carbonyl (C=O) groups excluding carboxylic acids is 1. The number of rotatable bonds is 7. The van der Waals surface area contributed by atoms with E-state index in [1.165, 1.54) is 4.90 Å². The smallest absolute Gasteiger partial charge is 0.228 e. The summed E-state index contributed by atoms with van der Waals surface area (Å²) in [6, 6.07) is 18.7. The van der Waals surface area contributed by atoms with Crippen LogP contribution in [0.1, 0.15) is 18.9 Å². The van der Waals surface area contributed by atoms with Gasteiger partial charge in [-0.3, -0.25) is 4.79 Å². The molecule has 0 saturated carbocycles. The molecule has 1 fully saturated rings. The molecule has 0 bridgehead atoms. The molecule has 0 aromatic heterocycles. The predicted octanol–water partition coefficient (Wildman–Crippen LogP) is 4.22. The lowest BCUT2D eigenvalue weighted by Gasteiger charge is -2.47. The third-order valence-corrected chi connectivity index (χ3v) is 5.69. The van der Waals surface area contributed by atoms with Crippen LogP contribution in [0.25, 0.3) is 0 Å². The lowest BCUT2D eigenvalue weighted by molar-refractivity contribution is -0.155. The molecule has 24 heavy (non-hydrogen) atoms. The summed E-state index contributed by atoms with van der Waals surface area (Å²) in [5.74, 6) is 2.24. The molecule has 1 saturated heterocycles. The van der Waals surface area contributed by atoms with E-state index in [1.807, 2.05) is 47.0 Å². The number of nitrogens with zero attached hydrogens (tertiary/aromatic N) is 1. The van der Waals surface area contributed by atoms with Gasteiger partial charge in [0.05, 0.1) is 19.1 Å². The monoisotopic (exact) mass is 341 g/mol. The Kier molecular flexibility index (Phi) is 5.46. The predicted molar refractivity (Wildman–Crippen MR) is 98.3 cm³/mol. The Morgan fingerprint density at radius 1 is 1.08 bits per heavy atom. The molecule has 0 aliphatic carbocycles. The average molecular weight is 341 g/mol. The van der Waals surface area contributed by atoms with Crippen molar-refractivity contribution in [2.24, 2.45) is 5.92 Å². The fourth-order valence-corrected chi connectivity index (χ4v) is 4.28.